The van der Waals surface area contributed by atoms with Crippen molar-refractivity contribution < 1.29 is 14.3 Å². The molecular formula is C15H11NO3S. The Hall–Kier alpha value is -2.27. The average molecular weight is 285 g/mol. The van der Waals surface area contributed by atoms with E-state index in [9.17, 15) is 4.79 Å². The van der Waals surface area contributed by atoms with Gasteiger partial charge < -0.3 is 9.52 Å². The van der Waals surface area contributed by atoms with Crippen LogP contribution in [0.3, 0.4) is 0 Å². The van der Waals surface area contributed by atoms with Crippen molar-refractivity contribution in [3.05, 3.63) is 60.0 Å². The van der Waals surface area contributed by atoms with E-state index in [-0.39, 0.29) is 5.56 Å². The van der Waals surface area contributed by atoms with Gasteiger partial charge in [0.2, 0.25) is 5.89 Å². The fourth-order valence-corrected chi connectivity index (χ4v) is 2.65. The Bertz CT molecular complexity index is 752. The number of aromatic nitrogens is 1. The van der Waals surface area contributed by atoms with Crippen molar-refractivity contribution >= 4 is 28.8 Å². The molecule has 100 valence electrons. The van der Waals surface area contributed by atoms with E-state index in [0.717, 1.165) is 4.90 Å². The Kier molecular flexibility index (Phi) is 3.43. The van der Waals surface area contributed by atoms with Crippen LogP contribution in [0.2, 0.25) is 0 Å². The third-order valence-electron chi connectivity index (χ3n) is 2.80. The highest BCUT2D eigenvalue weighted by Crippen LogP contribution is 2.25. The number of oxazole rings is 1. The first-order valence-corrected chi connectivity index (χ1v) is 7.02. The zero-order valence-electron chi connectivity index (χ0n) is 10.4. The van der Waals surface area contributed by atoms with Gasteiger partial charge in [0.1, 0.15) is 5.52 Å². The molecule has 0 saturated heterocycles. The number of nitrogens with zero attached hydrogens (tertiary/aromatic N) is 1. The zero-order valence-corrected chi connectivity index (χ0v) is 11.3. The van der Waals surface area contributed by atoms with E-state index in [1.54, 1.807) is 23.9 Å². The van der Waals surface area contributed by atoms with Crippen molar-refractivity contribution in [2.75, 3.05) is 0 Å². The Morgan fingerprint density at radius 2 is 1.95 bits per heavy atom. The number of thioether (sulfide) groups is 1. The lowest BCUT2D eigenvalue weighted by Crippen LogP contribution is -1.96. The molecule has 0 saturated carbocycles. The number of hydrogen-bond acceptors (Lipinski definition) is 4. The molecule has 0 radical (unpaired) electrons. The largest absolute Gasteiger partial charge is 0.478 e. The van der Waals surface area contributed by atoms with Crippen molar-refractivity contribution in [3.8, 4) is 0 Å². The van der Waals surface area contributed by atoms with Gasteiger partial charge in [-0.05, 0) is 24.3 Å². The van der Waals surface area contributed by atoms with E-state index in [2.05, 4.69) is 4.98 Å². The van der Waals surface area contributed by atoms with E-state index < -0.39 is 5.97 Å². The number of benzene rings is 2. The van der Waals surface area contributed by atoms with Crippen LogP contribution in [0.5, 0.6) is 0 Å². The van der Waals surface area contributed by atoms with Crippen molar-refractivity contribution in [1.29, 1.82) is 0 Å². The molecule has 0 atom stereocenters. The predicted molar refractivity (Wildman–Crippen MR) is 77.0 cm³/mol. The molecule has 1 aromatic heterocycles. The highest BCUT2D eigenvalue weighted by molar-refractivity contribution is 7.98. The van der Waals surface area contributed by atoms with Crippen LogP contribution < -0.4 is 0 Å². The Morgan fingerprint density at radius 1 is 1.15 bits per heavy atom. The second-order valence-corrected chi connectivity index (χ2v) is 5.22. The number of fused-ring (bicyclic) bond motifs is 1. The van der Waals surface area contributed by atoms with Crippen molar-refractivity contribution in [3.63, 3.8) is 0 Å². The molecular weight excluding hydrogens is 274 g/mol. The second-order valence-electron chi connectivity index (χ2n) is 4.17. The van der Waals surface area contributed by atoms with Gasteiger partial charge in [0.15, 0.2) is 5.58 Å². The molecule has 1 heterocycles. The van der Waals surface area contributed by atoms with E-state index in [1.165, 1.54) is 6.07 Å². The standard InChI is InChI=1S/C15H11NO3S/c17-15(18)11-7-4-8-12-14(11)16-13(19-12)9-20-10-5-2-1-3-6-10/h1-8H,9H2,(H,17,18). The van der Waals surface area contributed by atoms with E-state index >= 15 is 0 Å². The summed E-state index contributed by atoms with van der Waals surface area (Å²) >= 11 is 1.60. The number of para-hydroxylation sites is 1. The fraction of sp³-hybridized carbons (Fsp3) is 0.0667. The lowest BCUT2D eigenvalue weighted by molar-refractivity contribution is 0.0699. The molecule has 0 aliphatic heterocycles. The van der Waals surface area contributed by atoms with Crippen molar-refractivity contribution in [2.45, 2.75) is 10.6 Å². The normalized spacial score (nSPS) is 10.8. The molecule has 2 aromatic carbocycles. The molecule has 4 nitrogen and oxygen atoms in total. The van der Waals surface area contributed by atoms with Gasteiger partial charge in [0, 0.05) is 4.90 Å². The number of carbonyl (C=O) groups is 1. The molecule has 0 fully saturated rings. The number of hydrogen-bond donors (Lipinski definition) is 1. The molecule has 3 rings (SSSR count). The minimum absolute atomic E-state index is 0.169. The van der Waals surface area contributed by atoms with Gasteiger partial charge in [-0.25, -0.2) is 9.78 Å². The van der Waals surface area contributed by atoms with Crippen LogP contribution in [0.1, 0.15) is 16.2 Å². The summed E-state index contributed by atoms with van der Waals surface area (Å²) in [5.74, 6) is 0.103. The van der Waals surface area contributed by atoms with E-state index in [0.29, 0.717) is 22.7 Å². The first-order valence-electron chi connectivity index (χ1n) is 6.03. The SMILES string of the molecule is O=C(O)c1cccc2oc(CSc3ccccc3)nc12. The molecule has 1 N–H and O–H groups in total. The molecule has 0 aliphatic rings. The zero-order chi connectivity index (χ0) is 13.9. The average Bonchev–Trinajstić information content (AvgIpc) is 2.88. The molecule has 20 heavy (non-hydrogen) atoms. The van der Waals surface area contributed by atoms with Crippen LogP contribution >= 0.6 is 11.8 Å². The molecule has 5 heteroatoms. The van der Waals surface area contributed by atoms with Gasteiger partial charge >= 0.3 is 5.97 Å². The maximum absolute atomic E-state index is 11.1. The van der Waals surface area contributed by atoms with Crippen molar-refractivity contribution in [2.24, 2.45) is 0 Å². The van der Waals surface area contributed by atoms with Gasteiger partial charge in [-0.1, -0.05) is 24.3 Å². The van der Waals surface area contributed by atoms with Gasteiger partial charge in [-0.2, -0.15) is 0 Å². The third kappa shape index (κ3) is 2.53. The van der Waals surface area contributed by atoms with Crippen LogP contribution in [-0.4, -0.2) is 16.1 Å². The quantitative estimate of drug-likeness (QED) is 0.738. The van der Waals surface area contributed by atoms with E-state index in [4.69, 9.17) is 9.52 Å². The van der Waals surface area contributed by atoms with Crippen molar-refractivity contribution in [1.82, 2.24) is 4.98 Å². The van der Waals surface area contributed by atoms with Gasteiger partial charge in [-0.3, -0.25) is 0 Å². The number of aromatic carboxylic acids is 1. The lowest BCUT2D eigenvalue weighted by Gasteiger charge is -1.96. The highest BCUT2D eigenvalue weighted by Gasteiger charge is 2.14. The molecule has 0 aliphatic carbocycles. The van der Waals surface area contributed by atoms with Gasteiger partial charge in [0.05, 0.1) is 11.3 Å². The summed E-state index contributed by atoms with van der Waals surface area (Å²) in [6, 6.07) is 14.8. The van der Waals surface area contributed by atoms with Crippen LogP contribution in [0.25, 0.3) is 11.1 Å². The molecule has 0 bridgehead atoms. The van der Waals surface area contributed by atoms with Crippen LogP contribution in [0.15, 0.2) is 57.8 Å². The minimum Gasteiger partial charge on any atom is -0.478 e. The summed E-state index contributed by atoms with van der Waals surface area (Å²) in [7, 11) is 0. The summed E-state index contributed by atoms with van der Waals surface area (Å²) in [6.45, 7) is 0. The van der Waals surface area contributed by atoms with Gasteiger partial charge in [0.25, 0.3) is 0 Å². The topological polar surface area (TPSA) is 63.3 Å². The fourth-order valence-electron chi connectivity index (χ4n) is 1.89. The predicted octanol–water partition coefficient (Wildman–Crippen LogP) is 3.82. The first kappa shape index (κ1) is 12.7. The van der Waals surface area contributed by atoms with E-state index in [1.807, 2.05) is 30.3 Å². The summed E-state index contributed by atoms with van der Waals surface area (Å²) in [4.78, 5) is 16.5. The third-order valence-corrected chi connectivity index (χ3v) is 3.80. The monoisotopic (exact) mass is 285 g/mol. The van der Waals surface area contributed by atoms with Gasteiger partial charge in [-0.15, -0.1) is 11.8 Å². The maximum Gasteiger partial charge on any atom is 0.338 e. The lowest BCUT2D eigenvalue weighted by atomic mass is 10.2. The smallest absolute Gasteiger partial charge is 0.338 e. The molecule has 0 amide bonds. The number of rotatable bonds is 4. The van der Waals surface area contributed by atoms with Crippen LogP contribution in [0.4, 0.5) is 0 Å². The van der Waals surface area contributed by atoms with Crippen LogP contribution in [-0.2, 0) is 5.75 Å². The Balaban J connectivity index is 1.86. The highest BCUT2D eigenvalue weighted by atomic mass is 32.2. The van der Waals surface area contributed by atoms with Crippen LogP contribution in [0, 0.1) is 0 Å². The summed E-state index contributed by atoms with van der Waals surface area (Å²) in [5.41, 5.74) is 1.08. The second kappa shape index (κ2) is 5.38. The summed E-state index contributed by atoms with van der Waals surface area (Å²) < 4.78 is 5.59. The molecule has 0 spiro atoms. The maximum atomic E-state index is 11.1. The summed E-state index contributed by atoms with van der Waals surface area (Å²) in [5, 5.41) is 9.11. The number of carboxylic acid groups (broad SMARTS) is 1. The molecule has 0 unspecified atom stereocenters. The minimum atomic E-state index is -0.994. The molecule has 3 aromatic rings. The first-order chi connectivity index (χ1) is 9.74. The summed E-state index contributed by atoms with van der Waals surface area (Å²) in [6.07, 6.45) is 0. The number of carboxylic acids is 1. The Labute approximate surface area is 119 Å². The Morgan fingerprint density at radius 3 is 2.70 bits per heavy atom.